The van der Waals surface area contributed by atoms with Crippen LogP contribution in [-0.4, -0.2) is 0 Å². The van der Waals surface area contributed by atoms with Crippen molar-refractivity contribution in [2.75, 3.05) is 0 Å². The average Bonchev–Trinajstić information content (AvgIpc) is 1.83. The molecule has 0 nitrogen and oxygen atoms in total. The first-order valence-electron chi connectivity index (χ1n) is 2.57. The molecule has 0 aromatic heterocycles. The van der Waals surface area contributed by atoms with Crippen molar-refractivity contribution in [3.05, 3.63) is 30.2 Å². The standard InChI is InChI=1S/C8H9/c1-4-7-8(5-2)6-3/h4-5,7H,1-2H3. The van der Waals surface area contributed by atoms with Crippen LogP contribution in [0.1, 0.15) is 13.8 Å². The normalized spacial score (nSPS) is 11.9. The molecular weight excluding hydrogens is 96.1 g/mol. The van der Waals surface area contributed by atoms with E-state index in [0.29, 0.717) is 0 Å². The molecule has 41 valence electrons. The molecule has 0 heterocycles. The molecule has 0 fully saturated rings. The second kappa shape index (κ2) is 4.21. The third kappa shape index (κ3) is 2.25. The van der Waals surface area contributed by atoms with Gasteiger partial charge in [-0.25, -0.2) is 0 Å². The molecule has 0 saturated heterocycles. The van der Waals surface area contributed by atoms with Crippen LogP contribution in [0.25, 0.3) is 0 Å². The first-order chi connectivity index (χ1) is 3.85. The topological polar surface area (TPSA) is 0 Å². The van der Waals surface area contributed by atoms with Crippen LogP contribution < -0.4 is 0 Å². The maximum Gasteiger partial charge on any atom is 0.0209 e. The zero-order valence-corrected chi connectivity index (χ0v) is 5.23. The molecule has 1 radical (unpaired) electrons. The number of allylic oxidation sites excluding steroid dienone is 4. The molecule has 0 saturated carbocycles. The Morgan fingerprint density at radius 2 is 2.12 bits per heavy atom. The lowest BCUT2D eigenvalue weighted by molar-refractivity contribution is 1.61. The highest BCUT2D eigenvalue weighted by atomic mass is 13.8. The van der Waals surface area contributed by atoms with Gasteiger partial charge < -0.3 is 0 Å². The van der Waals surface area contributed by atoms with Crippen molar-refractivity contribution in [3.8, 4) is 5.92 Å². The minimum Gasteiger partial charge on any atom is -0.0864 e. The summed E-state index contributed by atoms with van der Waals surface area (Å²) in [6.45, 7) is 3.80. The van der Waals surface area contributed by atoms with E-state index in [-0.39, 0.29) is 0 Å². The second-order valence-electron chi connectivity index (χ2n) is 1.37. The fourth-order valence-corrected chi connectivity index (χ4v) is 0.390. The van der Waals surface area contributed by atoms with Crippen molar-refractivity contribution in [3.63, 3.8) is 0 Å². The van der Waals surface area contributed by atoms with Crippen LogP contribution in [0.5, 0.6) is 0 Å². The molecule has 0 aliphatic heterocycles. The van der Waals surface area contributed by atoms with E-state index in [1.54, 1.807) is 0 Å². The van der Waals surface area contributed by atoms with Crippen molar-refractivity contribution >= 4 is 0 Å². The van der Waals surface area contributed by atoms with Gasteiger partial charge in [0.05, 0.1) is 0 Å². The SMILES string of the molecule is [C]#CC(C=CC)=CC. The molecular formula is C8H9. The Morgan fingerprint density at radius 3 is 2.25 bits per heavy atom. The lowest BCUT2D eigenvalue weighted by Gasteiger charge is -1.80. The molecule has 0 N–H and O–H groups in total. The Bertz CT molecular complexity index is 142. The van der Waals surface area contributed by atoms with Crippen molar-refractivity contribution in [2.45, 2.75) is 13.8 Å². The van der Waals surface area contributed by atoms with Crippen LogP contribution in [-0.2, 0) is 0 Å². The van der Waals surface area contributed by atoms with Crippen LogP contribution in [0.2, 0.25) is 0 Å². The Morgan fingerprint density at radius 1 is 1.50 bits per heavy atom. The number of hydrogen-bond donors (Lipinski definition) is 0. The molecule has 0 heteroatoms. The lowest BCUT2D eigenvalue weighted by Crippen LogP contribution is -1.65. The van der Waals surface area contributed by atoms with Gasteiger partial charge >= 0.3 is 0 Å². The smallest absolute Gasteiger partial charge is 0.0209 e. The van der Waals surface area contributed by atoms with Gasteiger partial charge in [-0.1, -0.05) is 24.1 Å². The van der Waals surface area contributed by atoms with Crippen LogP contribution in [0.15, 0.2) is 23.8 Å². The zero-order valence-electron chi connectivity index (χ0n) is 5.23. The van der Waals surface area contributed by atoms with E-state index in [2.05, 4.69) is 5.92 Å². The zero-order chi connectivity index (χ0) is 6.41. The van der Waals surface area contributed by atoms with E-state index in [0.717, 1.165) is 5.57 Å². The maximum absolute atomic E-state index is 6.69. The third-order valence-corrected chi connectivity index (χ3v) is 0.802. The molecule has 0 bridgehead atoms. The molecule has 0 aromatic carbocycles. The van der Waals surface area contributed by atoms with Crippen LogP contribution >= 0.6 is 0 Å². The quantitative estimate of drug-likeness (QED) is 0.354. The van der Waals surface area contributed by atoms with Crippen LogP contribution in [0.4, 0.5) is 0 Å². The van der Waals surface area contributed by atoms with Crippen molar-refractivity contribution in [1.29, 1.82) is 0 Å². The van der Waals surface area contributed by atoms with Gasteiger partial charge in [0, 0.05) is 5.57 Å². The molecule has 8 heavy (non-hydrogen) atoms. The van der Waals surface area contributed by atoms with Crippen molar-refractivity contribution < 1.29 is 0 Å². The fraction of sp³-hybridized carbons (Fsp3) is 0.250. The molecule has 0 atom stereocenters. The first-order valence-corrected chi connectivity index (χ1v) is 2.57. The van der Waals surface area contributed by atoms with Gasteiger partial charge in [-0.05, 0) is 20.3 Å². The van der Waals surface area contributed by atoms with Gasteiger partial charge in [-0.2, -0.15) is 0 Å². The average molecular weight is 105 g/mol. The maximum atomic E-state index is 6.69. The van der Waals surface area contributed by atoms with Crippen LogP contribution in [0.3, 0.4) is 0 Å². The molecule has 0 rings (SSSR count). The van der Waals surface area contributed by atoms with Gasteiger partial charge in [0.2, 0.25) is 0 Å². The summed E-state index contributed by atoms with van der Waals surface area (Å²) in [6, 6.07) is 0. The summed E-state index contributed by atoms with van der Waals surface area (Å²) in [7, 11) is 0. The van der Waals surface area contributed by atoms with E-state index in [4.69, 9.17) is 6.42 Å². The van der Waals surface area contributed by atoms with E-state index in [9.17, 15) is 0 Å². The molecule has 0 aliphatic carbocycles. The van der Waals surface area contributed by atoms with E-state index >= 15 is 0 Å². The summed E-state index contributed by atoms with van der Waals surface area (Å²) in [5.74, 6) is 2.28. The Kier molecular flexibility index (Phi) is 3.70. The number of hydrogen-bond acceptors (Lipinski definition) is 0. The summed E-state index contributed by atoms with van der Waals surface area (Å²) < 4.78 is 0. The lowest BCUT2D eigenvalue weighted by atomic mass is 10.2. The number of rotatable bonds is 1. The van der Waals surface area contributed by atoms with Crippen molar-refractivity contribution in [1.82, 2.24) is 0 Å². The minimum absolute atomic E-state index is 0.826. The summed E-state index contributed by atoms with van der Waals surface area (Å²) in [6.07, 6.45) is 12.3. The summed E-state index contributed by atoms with van der Waals surface area (Å²) in [5, 5.41) is 0. The summed E-state index contributed by atoms with van der Waals surface area (Å²) in [5.41, 5.74) is 0.826. The summed E-state index contributed by atoms with van der Waals surface area (Å²) in [4.78, 5) is 0. The predicted octanol–water partition coefficient (Wildman–Crippen LogP) is 2.10. The second-order valence-corrected chi connectivity index (χ2v) is 1.37. The van der Waals surface area contributed by atoms with E-state index in [1.165, 1.54) is 0 Å². The summed E-state index contributed by atoms with van der Waals surface area (Å²) >= 11 is 0. The monoisotopic (exact) mass is 105 g/mol. The van der Waals surface area contributed by atoms with Gasteiger partial charge in [0.1, 0.15) is 0 Å². The first kappa shape index (κ1) is 7.04. The molecule has 0 aliphatic rings. The Balaban J connectivity index is 3.98. The van der Waals surface area contributed by atoms with Crippen LogP contribution in [0, 0.1) is 12.3 Å². The molecule has 0 spiro atoms. The molecule has 0 unspecified atom stereocenters. The Hall–Kier alpha value is -0.960. The largest absolute Gasteiger partial charge is 0.0864 e. The van der Waals surface area contributed by atoms with Gasteiger partial charge in [0.25, 0.3) is 0 Å². The molecule has 0 amide bonds. The molecule has 0 aromatic rings. The van der Waals surface area contributed by atoms with Gasteiger partial charge in [-0.3, -0.25) is 0 Å². The highest BCUT2D eigenvalue weighted by Gasteiger charge is 1.75. The third-order valence-electron chi connectivity index (χ3n) is 0.802. The highest BCUT2D eigenvalue weighted by molar-refractivity contribution is 5.33. The van der Waals surface area contributed by atoms with E-state index < -0.39 is 0 Å². The van der Waals surface area contributed by atoms with Gasteiger partial charge in [0.15, 0.2) is 0 Å². The minimum atomic E-state index is 0.826. The predicted molar refractivity (Wildman–Crippen MR) is 35.7 cm³/mol. The highest BCUT2D eigenvalue weighted by Crippen LogP contribution is 1.91. The van der Waals surface area contributed by atoms with Gasteiger partial charge in [-0.15, -0.1) is 0 Å². The van der Waals surface area contributed by atoms with Crippen molar-refractivity contribution in [2.24, 2.45) is 0 Å². The Labute approximate surface area is 50.9 Å². The fourth-order valence-electron chi connectivity index (χ4n) is 0.390. The van der Waals surface area contributed by atoms with E-state index in [1.807, 2.05) is 32.1 Å².